The van der Waals surface area contributed by atoms with E-state index in [-0.39, 0.29) is 29.2 Å². The van der Waals surface area contributed by atoms with Crippen molar-refractivity contribution in [3.05, 3.63) is 0 Å². The Morgan fingerprint density at radius 3 is 2.24 bits per heavy atom. The average molecular weight is 298 g/mol. The van der Waals surface area contributed by atoms with Crippen LogP contribution in [0.2, 0.25) is 0 Å². The minimum Gasteiger partial charge on any atom is -0.385 e. The van der Waals surface area contributed by atoms with E-state index < -0.39 is 12.1 Å². The van der Waals surface area contributed by atoms with Crippen LogP contribution in [0.15, 0.2) is 0 Å². The van der Waals surface area contributed by atoms with Crippen molar-refractivity contribution >= 4 is 11.8 Å². The predicted molar refractivity (Wildman–Crippen MR) is 82.8 cm³/mol. The van der Waals surface area contributed by atoms with Gasteiger partial charge in [0.15, 0.2) is 0 Å². The van der Waals surface area contributed by atoms with Gasteiger partial charge in [0, 0.05) is 19.8 Å². The van der Waals surface area contributed by atoms with E-state index in [0.29, 0.717) is 6.61 Å². The van der Waals surface area contributed by atoms with Gasteiger partial charge in [0.2, 0.25) is 11.8 Å². The molecule has 2 amide bonds. The van der Waals surface area contributed by atoms with Crippen molar-refractivity contribution in [1.82, 2.24) is 10.2 Å². The van der Waals surface area contributed by atoms with Crippen LogP contribution in [-0.2, 0) is 14.3 Å². The number of carbonyl (C=O) groups excluding carboxylic acids is 2. The Balaban J connectivity index is 3.09. The van der Waals surface area contributed by atoms with Gasteiger partial charge in [0.05, 0.1) is 0 Å². The summed E-state index contributed by atoms with van der Waals surface area (Å²) < 4.78 is 5.12. The number of nitrogens with zero attached hydrogens (tertiary/aromatic N) is 1. The van der Waals surface area contributed by atoms with Crippen LogP contribution in [0, 0.1) is 11.3 Å². The first-order chi connectivity index (χ1) is 9.61. The molecule has 0 aromatic heterocycles. The fraction of sp³-hybridized carbons (Fsp3) is 0.875. The second-order valence-electron chi connectivity index (χ2n) is 7.37. The summed E-state index contributed by atoms with van der Waals surface area (Å²) in [4.78, 5) is 27.2. The van der Waals surface area contributed by atoms with Crippen LogP contribution in [0.3, 0.4) is 0 Å². The topological polar surface area (TPSA) is 58.6 Å². The molecular formula is C16H30N2O3. The zero-order valence-electron chi connectivity index (χ0n) is 14.4. The summed E-state index contributed by atoms with van der Waals surface area (Å²) in [6, 6.07) is -0.881. The zero-order chi connectivity index (χ0) is 16.4. The molecule has 0 radical (unpaired) electrons. The van der Waals surface area contributed by atoms with E-state index in [2.05, 4.69) is 5.32 Å². The normalized spacial score (nSPS) is 25.2. The highest BCUT2D eigenvalue weighted by molar-refractivity contribution is 5.97. The van der Waals surface area contributed by atoms with Gasteiger partial charge in [-0.1, -0.05) is 34.6 Å². The molecule has 1 saturated heterocycles. The van der Waals surface area contributed by atoms with Crippen LogP contribution in [0.5, 0.6) is 0 Å². The van der Waals surface area contributed by atoms with E-state index in [1.165, 1.54) is 0 Å². The first-order valence-electron chi connectivity index (χ1n) is 7.72. The van der Waals surface area contributed by atoms with Gasteiger partial charge in [-0.05, 0) is 24.7 Å². The number of amides is 2. The Labute approximate surface area is 128 Å². The molecule has 5 heteroatoms. The van der Waals surface area contributed by atoms with Crippen LogP contribution in [-0.4, -0.2) is 48.6 Å². The number of piperazine rings is 1. The number of hydrogen-bond acceptors (Lipinski definition) is 3. The lowest BCUT2D eigenvalue weighted by molar-refractivity contribution is -0.157. The van der Waals surface area contributed by atoms with Gasteiger partial charge in [-0.2, -0.15) is 0 Å². The molecule has 1 rings (SSSR count). The highest BCUT2D eigenvalue weighted by Crippen LogP contribution is 2.29. The van der Waals surface area contributed by atoms with E-state index in [1.807, 2.05) is 41.5 Å². The molecule has 21 heavy (non-hydrogen) atoms. The molecule has 0 aliphatic carbocycles. The van der Waals surface area contributed by atoms with E-state index in [4.69, 9.17) is 4.74 Å². The molecule has 1 aliphatic heterocycles. The summed E-state index contributed by atoms with van der Waals surface area (Å²) in [6.45, 7) is 12.5. The summed E-state index contributed by atoms with van der Waals surface area (Å²) in [7, 11) is 1.65. The number of carbonyl (C=O) groups is 2. The zero-order valence-corrected chi connectivity index (χ0v) is 14.4. The Kier molecular flexibility index (Phi) is 5.79. The van der Waals surface area contributed by atoms with Gasteiger partial charge in [-0.25, -0.2) is 0 Å². The van der Waals surface area contributed by atoms with Gasteiger partial charge >= 0.3 is 0 Å². The molecule has 122 valence electrons. The van der Waals surface area contributed by atoms with Gasteiger partial charge in [0.25, 0.3) is 0 Å². The standard InChI is InChI=1S/C16H30N2O3/c1-10(2)12-14(19)17-13(16(4,5)6)15(20)18(12)11(3)8-9-21-7/h10-13H,8-9H2,1-7H3,(H,17,19). The van der Waals surface area contributed by atoms with Crippen LogP contribution in [0.25, 0.3) is 0 Å². The maximum Gasteiger partial charge on any atom is 0.246 e. The van der Waals surface area contributed by atoms with E-state index in [1.54, 1.807) is 12.0 Å². The summed E-state index contributed by atoms with van der Waals surface area (Å²) in [5.74, 6) is 0.0538. The fourth-order valence-electron chi connectivity index (χ4n) is 2.83. The third kappa shape index (κ3) is 3.96. The molecule has 1 aliphatic rings. The highest BCUT2D eigenvalue weighted by Gasteiger charge is 2.47. The third-order valence-electron chi connectivity index (χ3n) is 4.07. The number of ether oxygens (including phenoxy) is 1. The van der Waals surface area contributed by atoms with E-state index >= 15 is 0 Å². The number of methoxy groups -OCH3 is 1. The molecule has 0 aromatic rings. The molecule has 0 saturated carbocycles. The van der Waals surface area contributed by atoms with Gasteiger partial charge in [-0.15, -0.1) is 0 Å². The Bertz CT molecular complexity index is 387. The second kappa shape index (κ2) is 6.77. The molecule has 5 nitrogen and oxygen atoms in total. The molecule has 0 spiro atoms. The van der Waals surface area contributed by atoms with E-state index in [0.717, 1.165) is 6.42 Å². The van der Waals surface area contributed by atoms with Gasteiger partial charge < -0.3 is 15.0 Å². The van der Waals surface area contributed by atoms with Crippen LogP contribution < -0.4 is 5.32 Å². The second-order valence-corrected chi connectivity index (χ2v) is 7.37. The molecule has 3 atom stereocenters. The minimum atomic E-state index is -0.468. The third-order valence-corrected chi connectivity index (χ3v) is 4.07. The van der Waals surface area contributed by atoms with Crippen molar-refractivity contribution in [3.63, 3.8) is 0 Å². The van der Waals surface area contributed by atoms with Gasteiger partial charge in [0.1, 0.15) is 12.1 Å². The molecule has 3 unspecified atom stereocenters. The predicted octanol–water partition coefficient (Wildman–Crippen LogP) is 1.81. The monoisotopic (exact) mass is 298 g/mol. The van der Waals surface area contributed by atoms with E-state index in [9.17, 15) is 9.59 Å². The van der Waals surface area contributed by atoms with Crippen LogP contribution in [0.1, 0.15) is 48.0 Å². The lowest BCUT2D eigenvalue weighted by Crippen LogP contribution is -2.69. The quantitative estimate of drug-likeness (QED) is 0.842. The summed E-state index contributed by atoms with van der Waals surface area (Å²) in [5.41, 5.74) is -0.298. The first kappa shape index (κ1) is 18.0. The maximum absolute atomic E-state index is 12.9. The molecule has 1 N–H and O–H groups in total. The molecule has 1 fully saturated rings. The Hall–Kier alpha value is -1.10. The lowest BCUT2D eigenvalue weighted by atomic mass is 9.82. The average Bonchev–Trinajstić information content (AvgIpc) is 2.35. The summed E-state index contributed by atoms with van der Waals surface area (Å²) in [6.07, 6.45) is 0.732. The molecule has 1 heterocycles. The Morgan fingerprint density at radius 2 is 1.81 bits per heavy atom. The highest BCUT2D eigenvalue weighted by atomic mass is 16.5. The van der Waals surface area contributed by atoms with Crippen molar-refractivity contribution in [2.24, 2.45) is 11.3 Å². The number of nitrogens with one attached hydrogen (secondary N) is 1. The smallest absolute Gasteiger partial charge is 0.246 e. The Morgan fingerprint density at radius 1 is 1.24 bits per heavy atom. The largest absolute Gasteiger partial charge is 0.385 e. The number of hydrogen-bond donors (Lipinski definition) is 1. The number of rotatable bonds is 5. The molecule has 0 bridgehead atoms. The molecular weight excluding hydrogens is 268 g/mol. The van der Waals surface area contributed by atoms with Crippen molar-refractivity contribution in [2.75, 3.05) is 13.7 Å². The van der Waals surface area contributed by atoms with Crippen LogP contribution >= 0.6 is 0 Å². The van der Waals surface area contributed by atoms with Gasteiger partial charge in [-0.3, -0.25) is 9.59 Å². The first-order valence-corrected chi connectivity index (χ1v) is 7.72. The minimum absolute atomic E-state index is 0.0132. The van der Waals surface area contributed by atoms with Crippen molar-refractivity contribution in [3.8, 4) is 0 Å². The maximum atomic E-state index is 12.9. The molecule has 0 aromatic carbocycles. The summed E-state index contributed by atoms with van der Waals surface area (Å²) >= 11 is 0. The van der Waals surface area contributed by atoms with Crippen LogP contribution in [0.4, 0.5) is 0 Å². The SMILES string of the molecule is COCCC(C)N1C(=O)C(C(C)(C)C)NC(=O)C1C(C)C. The van der Waals surface area contributed by atoms with Crippen molar-refractivity contribution in [1.29, 1.82) is 0 Å². The fourth-order valence-corrected chi connectivity index (χ4v) is 2.83. The summed E-state index contributed by atoms with van der Waals surface area (Å²) in [5, 5.41) is 2.92. The van der Waals surface area contributed by atoms with Crippen molar-refractivity contribution in [2.45, 2.75) is 66.1 Å². The van der Waals surface area contributed by atoms with Crippen molar-refractivity contribution < 1.29 is 14.3 Å². The lowest BCUT2D eigenvalue weighted by Gasteiger charge is -2.47.